The molecule has 0 aliphatic heterocycles. The molecule has 0 aliphatic carbocycles. The van der Waals surface area contributed by atoms with Crippen LogP contribution in [-0.4, -0.2) is 25.8 Å². The lowest BCUT2D eigenvalue weighted by atomic mass is 10.2. The van der Waals surface area contributed by atoms with Crippen LogP contribution in [0, 0.1) is 17.3 Å². The van der Waals surface area contributed by atoms with Crippen LogP contribution in [0.15, 0.2) is 47.5 Å². The van der Waals surface area contributed by atoms with E-state index in [-0.39, 0.29) is 23.0 Å². The fourth-order valence-electron chi connectivity index (χ4n) is 1.59. The van der Waals surface area contributed by atoms with Gasteiger partial charge in [-0.05, 0) is 36.4 Å². The van der Waals surface area contributed by atoms with Gasteiger partial charge in [-0.3, -0.25) is 0 Å². The molecule has 0 atom stereocenters. The maximum Gasteiger partial charge on any atom is 0.255 e. The molecule has 0 bridgehead atoms. The quantitative estimate of drug-likeness (QED) is 0.789. The van der Waals surface area contributed by atoms with Crippen LogP contribution in [-0.2, 0) is 9.84 Å². The van der Waals surface area contributed by atoms with E-state index in [1.165, 1.54) is 42.6 Å². The lowest BCUT2D eigenvalue weighted by Crippen LogP contribution is -2.14. The van der Waals surface area contributed by atoms with Gasteiger partial charge in [0.05, 0.1) is 22.3 Å². The first-order valence-electron chi connectivity index (χ1n) is 5.99. The Bertz CT molecular complexity index is 768. The van der Waals surface area contributed by atoms with Gasteiger partial charge in [-0.1, -0.05) is 0 Å². The zero-order valence-corrected chi connectivity index (χ0v) is 11.7. The smallest absolute Gasteiger partial charge is 0.255 e. The Morgan fingerprint density at radius 2 is 1.95 bits per heavy atom. The fourth-order valence-corrected chi connectivity index (χ4v) is 2.68. The van der Waals surface area contributed by atoms with Gasteiger partial charge in [0.25, 0.3) is 5.95 Å². The predicted octanol–water partition coefficient (Wildman–Crippen LogP) is 1.95. The van der Waals surface area contributed by atoms with Gasteiger partial charge in [0.1, 0.15) is 6.61 Å². The monoisotopic (exact) mass is 306 g/mol. The van der Waals surface area contributed by atoms with E-state index >= 15 is 0 Å². The van der Waals surface area contributed by atoms with Gasteiger partial charge < -0.3 is 4.74 Å². The summed E-state index contributed by atoms with van der Waals surface area (Å²) < 4.78 is 42.3. The van der Waals surface area contributed by atoms with Crippen LogP contribution < -0.4 is 4.74 Å². The summed E-state index contributed by atoms with van der Waals surface area (Å²) in [7, 11) is -3.55. The third kappa shape index (κ3) is 3.77. The van der Waals surface area contributed by atoms with Gasteiger partial charge in [-0.25, -0.2) is 13.4 Å². The minimum atomic E-state index is -3.55. The molecule has 0 N–H and O–H groups in total. The molecule has 2 aromatic rings. The van der Waals surface area contributed by atoms with Gasteiger partial charge in [-0.15, -0.1) is 0 Å². The highest BCUT2D eigenvalue weighted by molar-refractivity contribution is 7.91. The molecule has 0 saturated carbocycles. The minimum Gasteiger partial charge on any atom is -0.488 e. The third-order valence-electron chi connectivity index (χ3n) is 2.68. The summed E-state index contributed by atoms with van der Waals surface area (Å²) in [6.07, 6.45) is 1.27. The van der Waals surface area contributed by atoms with Crippen molar-refractivity contribution >= 4 is 9.84 Å². The van der Waals surface area contributed by atoms with E-state index in [0.717, 1.165) is 0 Å². The Kier molecular flexibility index (Phi) is 4.50. The number of nitriles is 1. The predicted molar refractivity (Wildman–Crippen MR) is 72.9 cm³/mol. The second-order valence-electron chi connectivity index (χ2n) is 4.10. The molecule has 5 nitrogen and oxygen atoms in total. The molecule has 108 valence electrons. The Morgan fingerprint density at radius 3 is 2.57 bits per heavy atom. The first kappa shape index (κ1) is 14.9. The number of sulfone groups is 1. The SMILES string of the molecule is N#Cc1ccc(S(=O)(=O)CCOc2cccnc2F)cc1. The van der Waals surface area contributed by atoms with Crippen molar-refractivity contribution in [3.05, 3.63) is 54.1 Å². The molecule has 0 spiro atoms. The second-order valence-corrected chi connectivity index (χ2v) is 6.21. The zero-order valence-electron chi connectivity index (χ0n) is 10.9. The Hall–Kier alpha value is -2.46. The maximum absolute atomic E-state index is 13.2. The molecule has 2 rings (SSSR count). The van der Waals surface area contributed by atoms with E-state index in [1.807, 2.05) is 6.07 Å². The van der Waals surface area contributed by atoms with Crippen molar-refractivity contribution in [1.29, 1.82) is 5.26 Å². The van der Waals surface area contributed by atoms with Crippen LogP contribution in [0.5, 0.6) is 5.75 Å². The van der Waals surface area contributed by atoms with E-state index in [0.29, 0.717) is 5.56 Å². The molecule has 0 radical (unpaired) electrons. The highest BCUT2D eigenvalue weighted by Crippen LogP contribution is 2.15. The van der Waals surface area contributed by atoms with Gasteiger partial charge >= 0.3 is 0 Å². The summed E-state index contributed by atoms with van der Waals surface area (Å²) in [6, 6.07) is 10.3. The first-order chi connectivity index (χ1) is 10.0. The maximum atomic E-state index is 13.2. The summed E-state index contributed by atoms with van der Waals surface area (Å²) in [5, 5.41) is 8.66. The zero-order chi connectivity index (χ0) is 15.3. The normalized spacial score (nSPS) is 10.9. The minimum absolute atomic E-state index is 0.0903. The average molecular weight is 306 g/mol. The largest absolute Gasteiger partial charge is 0.488 e. The summed E-state index contributed by atoms with van der Waals surface area (Å²) in [6.45, 7) is -0.190. The van der Waals surface area contributed by atoms with Crippen LogP contribution in [0.4, 0.5) is 4.39 Å². The number of ether oxygens (including phenoxy) is 1. The number of hydrogen-bond donors (Lipinski definition) is 0. The topological polar surface area (TPSA) is 80.0 Å². The highest BCUT2D eigenvalue weighted by atomic mass is 32.2. The molecule has 0 aliphatic rings. The van der Waals surface area contributed by atoms with Gasteiger partial charge in [0.2, 0.25) is 0 Å². The third-order valence-corrected chi connectivity index (χ3v) is 4.37. The van der Waals surface area contributed by atoms with Crippen molar-refractivity contribution in [2.75, 3.05) is 12.4 Å². The first-order valence-corrected chi connectivity index (χ1v) is 7.64. The van der Waals surface area contributed by atoms with Crippen LogP contribution >= 0.6 is 0 Å². The van der Waals surface area contributed by atoms with Crippen molar-refractivity contribution in [3.8, 4) is 11.8 Å². The molecule has 1 aromatic carbocycles. The molecule has 0 saturated heterocycles. The summed E-state index contributed by atoms with van der Waals surface area (Å²) in [5.74, 6) is -1.17. The molecule has 0 fully saturated rings. The number of aromatic nitrogens is 1. The number of rotatable bonds is 5. The number of pyridine rings is 1. The van der Waals surface area contributed by atoms with Crippen LogP contribution in [0.3, 0.4) is 0 Å². The highest BCUT2D eigenvalue weighted by Gasteiger charge is 2.15. The summed E-state index contributed by atoms with van der Waals surface area (Å²) >= 11 is 0. The molecule has 1 aromatic heterocycles. The van der Waals surface area contributed by atoms with Crippen molar-refractivity contribution in [2.45, 2.75) is 4.90 Å². The van der Waals surface area contributed by atoms with Crippen molar-refractivity contribution in [1.82, 2.24) is 4.98 Å². The van der Waals surface area contributed by atoms with Crippen molar-refractivity contribution in [3.63, 3.8) is 0 Å². The number of hydrogen-bond acceptors (Lipinski definition) is 5. The molecule has 7 heteroatoms. The lowest BCUT2D eigenvalue weighted by molar-refractivity contribution is 0.317. The van der Waals surface area contributed by atoms with Crippen molar-refractivity contribution in [2.24, 2.45) is 0 Å². The van der Waals surface area contributed by atoms with Crippen LogP contribution in [0.2, 0.25) is 0 Å². The standard InChI is InChI=1S/C14H11FN2O3S/c15-14-13(2-1-7-17-14)20-8-9-21(18,19)12-5-3-11(10-16)4-6-12/h1-7H,8-9H2. The molecule has 0 amide bonds. The fraction of sp³-hybridized carbons (Fsp3) is 0.143. The van der Waals surface area contributed by atoms with Crippen LogP contribution in [0.1, 0.15) is 5.56 Å². The van der Waals surface area contributed by atoms with Crippen molar-refractivity contribution < 1.29 is 17.5 Å². The second kappa shape index (κ2) is 6.33. The molecule has 1 heterocycles. The number of nitrogens with zero attached hydrogens (tertiary/aromatic N) is 2. The molecular formula is C14H11FN2O3S. The van der Waals surface area contributed by atoms with Gasteiger partial charge in [-0.2, -0.15) is 9.65 Å². The Labute approximate surface area is 121 Å². The number of benzene rings is 1. The van der Waals surface area contributed by atoms with Gasteiger partial charge in [0.15, 0.2) is 15.6 Å². The Morgan fingerprint density at radius 1 is 1.24 bits per heavy atom. The van der Waals surface area contributed by atoms with E-state index in [1.54, 1.807) is 0 Å². The summed E-state index contributed by atoms with van der Waals surface area (Å²) in [4.78, 5) is 3.49. The van der Waals surface area contributed by atoms with E-state index < -0.39 is 15.8 Å². The van der Waals surface area contributed by atoms with Crippen LogP contribution in [0.25, 0.3) is 0 Å². The molecule has 21 heavy (non-hydrogen) atoms. The van der Waals surface area contributed by atoms with E-state index in [9.17, 15) is 12.8 Å². The lowest BCUT2D eigenvalue weighted by Gasteiger charge is -2.07. The van der Waals surface area contributed by atoms with E-state index in [4.69, 9.17) is 10.00 Å². The van der Waals surface area contributed by atoms with E-state index in [2.05, 4.69) is 4.98 Å². The molecule has 0 unspecified atom stereocenters. The number of halogens is 1. The molecular weight excluding hydrogens is 295 g/mol. The van der Waals surface area contributed by atoms with Gasteiger partial charge in [0, 0.05) is 6.20 Å². The Balaban J connectivity index is 2.01. The average Bonchev–Trinajstić information content (AvgIpc) is 2.49. The summed E-state index contributed by atoms with van der Waals surface area (Å²) in [5.41, 5.74) is 0.377.